The number of nitrogens with one attached hydrogen (secondary N) is 1. The molecule has 14 heavy (non-hydrogen) atoms. The van der Waals surface area contributed by atoms with Crippen LogP contribution in [-0.2, 0) is 0 Å². The molecule has 1 N–H and O–H groups in total. The molecule has 1 atom stereocenters. The molecule has 1 aromatic carbocycles. The van der Waals surface area contributed by atoms with Crippen molar-refractivity contribution in [1.29, 1.82) is 0 Å². The Balaban J connectivity index is 2.18. The molecule has 2 rings (SSSR count). The van der Waals surface area contributed by atoms with Gasteiger partial charge in [0, 0.05) is 11.0 Å². The standard InChI is InChI=1S/C11H13BrClN/c12-10-6-8(3-4-11(10)13)9-2-1-5-14-7-9/h3-4,6,9,14H,1-2,5,7H2. The Morgan fingerprint density at radius 1 is 1.43 bits per heavy atom. The van der Waals surface area contributed by atoms with Crippen molar-refractivity contribution in [3.05, 3.63) is 33.3 Å². The van der Waals surface area contributed by atoms with Gasteiger partial charge < -0.3 is 5.32 Å². The molecule has 0 saturated carbocycles. The van der Waals surface area contributed by atoms with E-state index in [9.17, 15) is 0 Å². The minimum atomic E-state index is 0.650. The number of benzene rings is 1. The molecule has 0 radical (unpaired) electrons. The van der Waals surface area contributed by atoms with E-state index < -0.39 is 0 Å². The van der Waals surface area contributed by atoms with Crippen molar-refractivity contribution >= 4 is 27.5 Å². The zero-order valence-electron chi connectivity index (χ0n) is 7.89. The molecule has 1 saturated heterocycles. The van der Waals surface area contributed by atoms with Gasteiger partial charge in [0.05, 0.1) is 5.02 Å². The van der Waals surface area contributed by atoms with Gasteiger partial charge in [0.1, 0.15) is 0 Å². The molecule has 0 aromatic heterocycles. The molecular formula is C11H13BrClN. The monoisotopic (exact) mass is 273 g/mol. The Labute approximate surface area is 98.0 Å². The molecule has 0 aliphatic carbocycles. The summed E-state index contributed by atoms with van der Waals surface area (Å²) in [5.74, 6) is 0.650. The molecule has 1 aromatic rings. The van der Waals surface area contributed by atoms with Crippen LogP contribution < -0.4 is 5.32 Å². The maximum absolute atomic E-state index is 5.96. The smallest absolute Gasteiger partial charge is 0.0548 e. The number of rotatable bonds is 1. The summed E-state index contributed by atoms with van der Waals surface area (Å²) < 4.78 is 1.00. The van der Waals surface area contributed by atoms with E-state index in [0.29, 0.717) is 5.92 Å². The summed E-state index contributed by atoms with van der Waals surface area (Å²) in [7, 11) is 0. The van der Waals surface area contributed by atoms with Crippen LogP contribution >= 0.6 is 27.5 Å². The Kier molecular flexibility index (Phi) is 3.47. The lowest BCUT2D eigenvalue weighted by molar-refractivity contribution is 0.461. The molecule has 0 bridgehead atoms. The first-order chi connectivity index (χ1) is 6.77. The summed E-state index contributed by atoms with van der Waals surface area (Å²) in [6.45, 7) is 2.25. The SMILES string of the molecule is Clc1ccc(C2CCCNC2)cc1Br. The third kappa shape index (κ3) is 2.30. The Hall–Kier alpha value is -0.0500. The molecule has 76 valence electrons. The summed E-state index contributed by atoms with van der Waals surface area (Å²) in [5.41, 5.74) is 1.38. The average molecular weight is 275 g/mol. The van der Waals surface area contributed by atoms with E-state index in [-0.39, 0.29) is 0 Å². The van der Waals surface area contributed by atoms with Crippen LogP contribution in [0.2, 0.25) is 5.02 Å². The van der Waals surface area contributed by atoms with Crippen LogP contribution in [0.4, 0.5) is 0 Å². The molecule has 1 unspecified atom stereocenters. The van der Waals surface area contributed by atoms with Crippen LogP contribution in [0.3, 0.4) is 0 Å². The van der Waals surface area contributed by atoms with Crippen molar-refractivity contribution in [2.75, 3.05) is 13.1 Å². The van der Waals surface area contributed by atoms with Crippen molar-refractivity contribution < 1.29 is 0 Å². The first kappa shape index (κ1) is 10.5. The van der Waals surface area contributed by atoms with E-state index in [2.05, 4.69) is 33.4 Å². The largest absolute Gasteiger partial charge is 0.316 e. The van der Waals surface area contributed by atoms with Gasteiger partial charge in [-0.15, -0.1) is 0 Å². The molecule has 3 heteroatoms. The molecule has 0 amide bonds. The maximum Gasteiger partial charge on any atom is 0.0548 e. The Bertz CT molecular complexity index is 321. The predicted molar refractivity (Wildman–Crippen MR) is 64.0 cm³/mol. The fraction of sp³-hybridized carbons (Fsp3) is 0.455. The summed E-state index contributed by atoms with van der Waals surface area (Å²) in [5, 5.41) is 4.21. The van der Waals surface area contributed by atoms with Crippen LogP contribution in [0.1, 0.15) is 24.3 Å². The second-order valence-electron chi connectivity index (χ2n) is 3.72. The molecule has 1 aliphatic rings. The minimum Gasteiger partial charge on any atom is -0.316 e. The van der Waals surface area contributed by atoms with E-state index in [1.54, 1.807) is 0 Å². The zero-order chi connectivity index (χ0) is 9.97. The first-order valence-electron chi connectivity index (χ1n) is 4.93. The van der Waals surface area contributed by atoms with Crippen LogP contribution in [0.5, 0.6) is 0 Å². The Morgan fingerprint density at radius 2 is 2.29 bits per heavy atom. The van der Waals surface area contributed by atoms with Gasteiger partial charge in [-0.3, -0.25) is 0 Å². The van der Waals surface area contributed by atoms with Crippen molar-refractivity contribution in [2.45, 2.75) is 18.8 Å². The highest BCUT2D eigenvalue weighted by Crippen LogP contribution is 2.29. The number of piperidine rings is 1. The van der Waals surface area contributed by atoms with Crippen molar-refractivity contribution in [3.8, 4) is 0 Å². The maximum atomic E-state index is 5.96. The van der Waals surface area contributed by atoms with Crippen LogP contribution in [-0.4, -0.2) is 13.1 Å². The molecule has 0 spiro atoms. The van der Waals surface area contributed by atoms with Crippen molar-refractivity contribution in [3.63, 3.8) is 0 Å². The highest BCUT2D eigenvalue weighted by atomic mass is 79.9. The predicted octanol–water partition coefficient (Wildman–Crippen LogP) is 3.57. The molecule has 1 aliphatic heterocycles. The third-order valence-electron chi connectivity index (χ3n) is 2.71. The lowest BCUT2D eigenvalue weighted by Crippen LogP contribution is -2.28. The quantitative estimate of drug-likeness (QED) is 0.825. The Morgan fingerprint density at radius 3 is 2.93 bits per heavy atom. The third-order valence-corrected chi connectivity index (χ3v) is 3.93. The van der Waals surface area contributed by atoms with Crippen molar-refractivity contribution in [2.24, 2.45) is 0 Å². The zero-order valence-corrected chi connectivity index (χ0v) is 10.2. The molecular weight excluding hydrogens is 261 g/mol. The lowest BCUT2D eigenvalue weighted by Gasteiger charge is -2.23. The number of hydrogen-bond acceptors (Lipinski definition) is 1. The molecule has 1 heterocycles. The number of hydrogen-bond donors (Lipinski definition) is 1. The minimum absolute atomic E-state index is 0.650. The van der Waals surface area contributed by atoms with Gasteiger partial charge in [-0.05, 0) is 58.9 Å². The van der Waals surface area contributed by atoms with Crippen LogP contribution in [0.25, 0.3) is 0 Å². The van der Waals surface area contributed by atoms with Gasteiger partial charge in [0.2, 0.25) is 0 Å². The van der Waals surface area contributed by atoms with E-state index in [4.69, 9.17) is 11.6 Å². The highest BCUT2D eigenvalue weighted by molar-refractivity contribution is 9.10. The summed E-state index contributed by atoms with van der Waals surface area (Å²) in [4.78, 5) is 0. The highest BCUT2D eigenvalue weighted by Gasteiger charge is 2.15. The van der Waals surface area contributed by atoms with Gasteiger partial charge in [0.15, 0.2) is 0 Å². The van der Waals surface area contributed by atoms with Gasteiger partial charge in [0.25, 0.3) is 0 Å². The summed E-state index contributed by atoms with van der Waals surface area (Å²) in [6, 6.07) is 6.24. The van der Waals surface area contributed by atoms with Gasteiger partial charge in [-0.25, -0.2) is 0 Å². The van der Waals surface area contributed by atoms with Crippen LogP contribution in [0.15, 0.2) is 22.7 Å². The normalized spacial score (nSPS) is 22.3. The molecule has 1 nitrogen and oxygen atoms in total. The first-order valence-corrected chi connectivity index (χ1v) is 6.10. The van der Waals surface area contributed by atoms with Crippen LogP contribution in [0, 0.1) is 0 Å². The van der Waals surface area contributed by atoms with E-state index in [1.165, 1.54) is 18.4 Å². The fourth-order valence-electron chi connectivity index (χ4n) is 1.90. The number of halogens is 2. The fourth-order valence-corrected chi connectivity index (χ4v) is 2.42. The summed E-state index contributed by atoms with van der Waals surface area (Å²) >= 11 is 9.42. The van der Waals surface area contributed by atoms with Gasteiger partial charge in [-0.1, -0.05) is 17.7 Å². The van der Waals surface area contributed by atoms with E-state index >= 15 is 0 Å². The average Bonchev–Trinajstić information content (AvgIpc) is 2.23. The second kappa shape index (κ2) is 4.65. The van der Waals surface area contributed by atoms with E-state index in [1.807, 2.05) is 6.07 Å². The second-order valence-corrected chi connectivity index (χ2v) is 4.98. The van der Waals surface area contributed by atoms with E-state index in [0.717, 1.165) is 22.6 Å². The topological polar surface area (TPSA) is 12.0 Å². The lowest BCUT2D eigenvalue weighted by atomic mass is 9.92. The summed E-state index contributed by atoms with van der Waals surface area (Å²) in [6.07, 6.45) is 2.55. The van der Waals surface area contributed by atoms with Gasteiger partial charge in [-0.2, -0.15) is 0 Å². The molecule has 1 fully saturated rings. The van der Waals surface area contributed by atoms with Gasteiger partial charge >= 0.3 is 0 Å². The van der Waals surface area contributed by atoms with Crippen molar-refractivity contribution in [1.82, 2.24) is 5.32 Å².